The Morgan fingerprint density at radius 1 is 0.818 bits per heavy atom. The van der Waals surface area contributed by atoms with E-state index in [-0.39, 0.29) is 10.1 Å². The molecule has 0 aromatic heterocycles. The van der Waals surface area contributed by atoms with Crippen molar-refractivity contribution in [1.82, 2.24) is 0 Å². The maximum atomic E-state index is 6.51. The maximum absolute atomic E-state index is 6.51. The van der Waals surface area contributed by atoms with Crippen molar-refractivity contribution in [3.05, 3.63) is 24.3 Å². The zero-order valence-corrected chi connectivity index (χ0v) is 25.4. The first-order valence-electron chi connectivity index (χ1n) is 12.8. The fraction of sp³-hybridized carbons (Fsp3) is 0.778. The van der Waals surface area contributed by atoms with Crippen LogP contribution in [0.3, 0.4) is 0 Å². The van der Waals surface area contributed by atoms with Crippen LogP contribution < -0.4 is 9.64 Å². The molecule has 0 unspecified atom stereocenters. The Morgan fingerprint density at radius 2 is 1.33 bits per heavy atom. The Labute approximate surface area is 206 Å². The zero-order valence-electron chi connectivity index (χ0n) is 23.4. The molecule has 1 aromatic rings. The molecule has 0 spiro atoms. The van der Waals surface area contributed by atoms with E-state index < -0.39 is 16.6 Å². The molecule has 0 N–H and O–H groups in total. The van der Waals surface area contributed by atoms with Gasteiger partial charge in [-0.25, -0.2) is 0 Å². The predicted molar refractivity (Wildman–Crippen MR) is 148 cm³/mol. The second-order valence-electron chi connectivity index (χ2n) is 12.8. The summed E-state index contributed by atoms with van der Waals surface area (Å²) in [4.78, 5) is 2.57. The molecule has 1 aromatic carbocycles. The molecule has 0 radical (unpaired) electrons. The Balaban J connectivity index is 1.97. The number of rotatable bonds is 11. The molecule has 1 aliphatic heterocycles. The van der Waals surface area contributed by atoms with Gasteiger partial charge in [-0.2, -0.15) is 0 Å². The van der Waals surface area contributed by atoms with Crippen molar-refractivity contribution in [2.24, 2.45) is 5.92 Å². The van der Waals surface area contributed by atoms with Crippen LogP contribution in [0.5, 0.6) is 5.75 Å². The lowest BCUT2D eigenvalue weighted by atomic mass is 9.82. The van der Waals surface area contributed by atoms with E-state index in [1.54, 1.807) is 7.11 Å². The van der Waals surface area contributed by atoms with Gasteiger partial charge in [-0.15, -0.1) is 0 Å². The average Bonchev–Trinajstić information content (AvgIpc) is 2.68. The van der Waals surface area contributed by atoms with Crippen LogP contribution in [0, 0.1) is 5.92 Å². The van der Waals surface area contributed by atoms with Crippen molar-refractivity contribution in [2.75, 3.05) is 31.8 Å². The summed E-state index contributed by atoms with van der Waals surface area (Å²) in [6.07, 6.45) is 3.43. The highest BCUT2D eigenvalue weighted by molar-refractivity contribution is 6.74. The molecular formula is C27H51NO3Si2. The molecule has 33 heavy (non-hydrogen) atoms. The monoisotopic (exact) mass is 493 g/mol. The third-order valence-corrected chi connectivity index (χ3v) is 17.5. The lowest BCUT2D eigenvalue weighted by Gasteiger charge is -2.51. The summed E-state index contributed by atoms with van der Waals surface area (Å²) in [5, 5.41) is 0.532. The average molecular weight is 494 g/mol. The quantitative estimate of drug-likeness (QED) is 0.233. The van der Waals surface area contributed by atoms with Crippen LogP contribution in [0.1, 0.15) is 60.8 Å². The number of hydrogen-bond acceptors (Lipinski definition) is 4. The van der Waals surface area contributed by atoms with E-state index in [9.17, 15) is 0 Å². The van der Waals surface area contributed by atoms with Gasteiger partial charge in [0.25, 0.3) is 0 Å². The van der Waals surface area contributed by atoms with E-state index in [0.29, 0.717) is 12.0 Å². The van der Waals surface area contributed by atoms with Gasteiger partial charge in [0.05, 0.1) is 7.11 Å². The molecule has 0 amide bonds. The van der Waals surface area contributed by atoms with Crippen molar-refractivity contribution >= 4 is 22.3 Å². The summed E-state index contributed by atoms with van der Waals surface area (Å²) in [6, 6.07) is 9.09. The van der Waals surface area contributed by atoms with E-state index in [2.05, 4.69) is 96.9 Å². The fourth-order valence-electron chi connectivity index (χ4n) is 3.89. The van der Waals surface area contributed by atoms with Gasteiger partial charge in [0.15, 0.2) is 16.6 Å². The second-order valence-corrected chi connectivity index (χ2v) is 22.4. The van der Waals surface area contributed by atoms with Gasteiger partial charge in [0.1, 0.15) is 5.75 Å². The molecule has 4 nitrogen and oxygen atoms in total. The van der Waals surface area contributed by atoms with Gasteiger partial charge < -0.3 is 18.5 Å². The smallest absolute Gasteiger partial charge is 0.191 e. The van der Waals surface area contributed by atoms with E-state index in [4.69, 9.17) is 13.6 Å². The van der Waals surface area contributed by atoms with Crippen LogP contribution in [0.15, 0.2) is 24.3 Å². The summed E-state index contributed by atoms with van der Waals surface area (Å²) in [5.74, 6) is 1.60. The first-order valence-corrected chi connectivity index (χ1v) is 18.6. The Hall–Kier alpha value is -0.826. The number of ether oxygens (including phenoxy) is 1. The number of nitrogens with zero attached hydrogens (tertiary/aromatic N) is 1. The highest BCUT2D eigenvalue weighted by Crippen LogP contribution is 2.40. The summed E-state index contributed by atoms with van der Waals surface area (Å²) in [7, 11) is -1.64. The normalized spacial score (nSPS) is 20.0. The Morgan fingerprint density at radius 3 is 1.82 bits per heavy atom. The largest absolute Gasteiger partial charge is 0.497 e. The van der Waals surface area contributed by atoms with Gasteiger partial charge in [0.2, 0.25) is 0 Å². The van der Waals surface area contributed by atoms with Crippen LogP contribution in [0.4, 0.5) is 5.69 Å². The molecule has 0 aliphatic carbocycles. The van der Waals surface area contributed by atoms with Crippen molar-refractivity contribution < 1.29 is 13.6 Å². The number of benzene rings is 1. The molecule has 6 heteroatoms. The molecule has 190 valence electrons. The number of hydrogen-bond donors (Lipinski definition) is 0. The van der Waals surface area contributed by atoms with Crippen molar-refractivity contribution in [2.45, 2.75) is 103 Å². The highest BCUT2D eigenvalue weighted by Gasteiger charge is 2.41. The summed E-state index contributed by atoms with van der Waals surface area (Å²) < 4.78 is 18.3. The van der Waals surface area contributed by atoms with Crippen LogP contribution in [0.25, 0.3) is 0 Å². The van der Waals surface area contributed by atoms with Gasteiger partial charge in [0, 0.05) is 31.5 Å². The van der Waals surface area contributed by atoms with Gasteiger partial charge >= 0.3 is 0 Å². The third-order valence-electron chi connectivity index (χ3n) is 8.45. The molecule has 2 atom stereocenters. The van der Waals surface area contributed by atoms with E-state index in [1.807, 2.05) is 0 Å². The lowest BCUT2D eigenvalue weighted by Crippen LogP contribution is -2.57. The van der Waals surface area contributed by atoms with Crippen LogP contribution in [-0.4, -0.2) is 49.5 Å². The van der Waals surface area contributed by atoms with Crippen LogP contribution in [0.2, 0.25) is 36.3 Å². The fourth-order valence-corrected chi connectivity index (χ4v) is 6.04. The zero-order chi connectivity index (χ0) is 25.1. The maximum Gasteiger partial charge on any atom is 0.191 e. The lowest BCUT2D eigenvalue weighted by molar-refractivity contribution is 0.187. The molecule has 1 fully saturated rings. The molecule has 2 rings (SSSR count). The second kappa shape index (κ2) is 10.8. The van der Waals surface area contributed by atoms with E-state index >= 15 is 0 Å². The molecule has 0 bridgehead atoms. The van der Waals surface area contributed by atoms with Crippen LogP contribution >= 0.6 is 0 Å². The minimum Gasteiger partial charge on any atom is -0.497 e. The van der Waals surface area contributed by atoms with Crippen LogP contribution in [-0.2, 0) is 8.85 Å². The topological polar surface area (TPSA) is 30.9 Å². The summed E-state index contributed by atoms with van der Waals surface area (Å²) >= 11 is 0. The molecular weight excluding hydrogens is 442 g/mol. The highest BCUT2D eigenvalue weighted by atomic mass is 28.4. The van der Waals surface area contributed by atoms with Gasteiger partial charge in [-0.3, -0.25) is 0 Å². The number of anilines is 1. The molecule has 1 aliphatic rings. The summed E-state index contributed by atoms with van der Waals surface area (Å²) in [6.45, 7) is 26.2. The Kier molecular flexibility index (Phi) is 9.33. The van der Waals surface area contributed by atoms with E-state index in [1.165, 1.54) is 12.1 Å². The standard InChI is InChI=1S/C27H51NO3Si2/c1-26(2,3)32(8,9)30-19-12-13-25-22(18-20-31-33(10,11)27(4,5)6)21-28(25)23-14-16-24(29-7)17-15-23/h14-17,22,25H,12-13,18-21H2,1-11H3/t22-,25-/m1/s1. The first-order chi connectivity index (χ1) is 15.1. The van der Waals surface area contributed by atoms with Gasteiger partial charge in [-0.1, -0.05) is 41.5 Å². The van der Waals surface area contributed by atoms with Crippen molar-refractivity contribution in [3.8, 4) is 5.75 Å². The Bertz CT molecular complexity index is 735. The number of methoxy groups -OCH3 is 1. The summed E-state index contributed by atoms with van der Waals surface area (Å²) in [5.41, 5.74) is 1.30. The molecule has 0 saturated carbocycles. The predicted octanol–water partition coefficient (Wildman–Crippen LogP) is 7.71. The van der Waals surface area contributed by atoms with E-state index in [0.717, 1.165) is 38.3 Å². The first kappa shape index (κ1) is 28.4. The molecule has 1 heterocycles. The third kappa shape index (κ3) is 7.33. The minimum absolute atomic E-state index is 0.266. The SMILES string of the molecule is COc1ccc(N2C[C@@H](CCO[Si](C)(C)C(C)(C)C)[C@H]2CCCO[Si](C)(C)C(C)(C)C)cc1. The van der Waals surface area contributed by atoms with Crippen molar-refractivity contribution in [1.29, 1.82) is 0 Å². The van der Waals surface area contributed by atoms with Crippen molar-refractivity contribution in [3.63, 3.8) is 0 Å². The van der Waals surface area contributed by atoms with Gasteiger partial charge in [-0.05, 0) is 85.7 Å². The molecule has 1 saturated heterocycles. The minimum atomic E-state index is -1.69.